The number of aliphatic hydroxyl groups excluding tert-OH is 1. The molecule has 0 aromatic heterocycles. The third kappa shape index (κ3) is 8.06. The lowest BCUT2D eigenvalue weighted by molar-refractivity contribution is -0.0505. The van der Waals surface area contributed by atoms with Gasteiger partial charge in [0.1, 0.15) is 6.79 Å². The summed E-state index contributed by atoms with van der Waals surface area (Å²) in [6.45, 7) is 2.24. The summed E-state index contributed by atoms with van der Waals surface area (Å²) in [5.41, 5.74) is 0. The lowest BCUT2D eigenvalue weighted by atomic mass is 10.8. The van der Waals surface area contributed by atoms with Gasteiger partial charge in [0.05, 0.1) is 19.4 Å². The zero-order valence-corrected chi connectivity index (χ0v) is 7.27. The largest absolute Gasteiger partial charge is 0.433 e. The van der Waals surface area contributed by atoms with Crippen LogP contribution in [0, 0.1) is 0 Å². The smallest absolute Gasteiger partial charge is 0.194 e. The van der Waals surface area contributed by atoms with Crippen molar-refractivity contribution < 1.29 is 19.4 Å². The van der Waals surface area contributed by atoms with Crippen LogP contribution in [0.15, 0.2) is 0 Å². The fourth-order valence-corrected chi connectivity index (χ4v) is 0.838. The van der Waals surface area contributed by atoms with Crippen molar-refractivity contribution in [2.45, 2.75) is 6.55 Å². The molecule has 0 aliphatic carbocycles. The van der Waals surface area contributed by atoms with Gasteiger partial charge in [-0.05, 0) is 6.55 Å². The first kappa shape index (κ1) is 10.1. The fraction of sp³-hybridized carbons (Fsp3) is 1.00. The Morgan fingerprint density at radius 2 is 2.10 bits per heavy atom. The Morgan fingerprint density at radius 3 is 2.60 bits per heavy atom. The van der Waals surface area contributed by atoms with Gasteiger partial charge in [-0.3, -0.25) is 0 Å². The molecule has 0 aromatic carbocycles. The Kier molecular flexibility index (Phi) is 7.21. The maximum absolute atomic E-state index is 8.82. The Labute approximate surface area is 62.1 Å². The summed E-state index contributed by atoms with van der Waals surface area (Å²) in [6.07, 6.45) is 0.408. The summed E-state index contributed by atoms with van der Waals surface area (Å²) < 4.78 is 9.65. The van der Waals surface area contributed by atoms with Crippen molar-refractivity contribution >= 4 is 9.04 Å². The molecule has 1 unspecified atom stereocenters. The number of hydrogen-bond acceptors (Lipinski definition) is 4. The van der Waals surface area contributed by atoms with E-state index in [2.05, 4.69) is 0 Å². The lowest BCUT2D eigenvalue weighted by Gasteiger charge is -2.04. The quantitative estimate of drug-likeness (QED) is 0.297. The van der Waals surface area contributed by atoms with Gasteiger partial charge in [0.2, 0.25) is 0 Å². The van der Waals surface area contributed by atoms with Crippen LogP contribution in [0.4, 0.5) is 0 Å². The predicted octanol–water partition coefficient (Wildman–Crippen LogP) is -1.15. The molecule has 0 heterocycles. The van der Waals surface area contributed by atoms with Gasteiger partial charge in [-0.2, -0.15) is 0 Å². The van der Waals surface area contributed by atoms with Crippen molar-refractivity contribution in [2.24, 2.45) is 0 Å². The van der Waals surface area contributed by atoms with Crippen LogP contribution in [0.2, 0.25) is 6.55 Å². The molecule has 5 heteroatoms. The Bertz CT molecular complexity index is 68.7. The highest BCUT2D eigenvalue weighted by atomic mass is 28.3. The first-order chi connectivity index (χ1) is 4.77. The summed E-state index contributed by atoms with van der Waals surface area (Å²) >= 11 is 0. The fourth-order valence-electron chi connectivity index (χ4n) is 0.401. The van der Waals surface area contributed by atoms with Gasteiger partial charge in [0.15, 0.2) is 9.04 Å². The van der Waals surface area contributed by atoms with Crippen molar-refractivity contribution in [1.29, 1.82) is 0 Å². The highest BCUT2D eigenvalue weighted by molar-refractivity contribution is 6.48. The molecule has 0 aliphatic heterocycles. The van der Waals surface area contributed by atoms with Crippen molar-refractivity contribution in [3.8, 4) is 0 Å². The van der Waals surface area contributed by atoms with Gasteiger partial charge in [0, 0.05) is 0 Å². The van der Waals surface area contributed by atoms with Crippen LogP contribution in [0.1, 0.15) is 0 Å². The first-order valence-corrected chi connectivity index (χ1v) is 5.70. The molecule has 0 radical (unpaired) electrons. The van der Waals surface area contributed by atoms with Gasteiger partial charge in [-0.25, -0.2) is 0 Å². The second kappa shape index (κ2) is 7.17. The zero-order valence-electron chi connectivity index (χ0n) is 6.12. The van der Waals surface area contributed by atoms with E-state index in [0.29, 0.717) is 12.8 Å². The molecule has 0 rings (SSSR count). The molecule has 0 amide bonds. The average Bonchev–Trinajstić information content (AvgIpc) is 1.87. The Morgan fingerprint density at radius 1 is 1.40 bits per heavy atom. The van der Waals surface area contributed by atoms with E-state index in [0.717, 1.165) is 0 Å². The normalized spacial score (nSPS) is 13.5. The molecule has 4 nitrogen and oxygen atoms in total. The molecule has 0 saturated carbocycles. The molecule has 1 atom stereocenters. The van der Waals surface area contributed by atoms with E-state index in [4.69, 9.17) is 19.4 Å². The summed E-state index contributed by atoms with van der Waals surface area (Å²) in [5.74, 6) is 0. The number of rotatable bonds is 6. The third-order valence-corrected chi connectivity index (χ3v) is 1.48. The van der Waals surface area contributed by atoms with E-state index in [-0.39, 0.29) is 13.4 Å². The van der Waals surface area contributed by atoms with Gasteiger partial charge in [-0.1, -0.05) is 0 Å². The molecule has 0 aromatic rings. The van der Waals surface area contributed by atoms with E-state index >= 15 is 0 Å². The molecular formula is C5H14O4Si. The first-order valence-electron chi connectivity index (χ1n) is 3.21. The highest BCUT2D eigenvalue weighted by Crippen LogP contribution is 1.80. The van der Waals surface area contributed by atoms with Crippen LogP contribution in [0.5, 0.6) is 0 Å². The number of ether oxygens (including phenoxy) is 2. The standard InChI is InChI=1S/C5H14O4Si/c1-10(7)5-9-4-8-3-2-6/h6-7,10H,2-5H2,1H3. The van der Waals surface area contributed by atoms with E-state index in [1.54, 1.807) is 6.55 Å². The van der Waals surface area contributed by atoms with E-state index < -0.39 is 9.04 Å². The summed E-state index contributed by atoms with van der Waals surface area (Å²) in [4.78, 5) is 8.82. The van der Waals surface area contributed by atoms with Crippen LogP contribution in [0.25, 0.3) is 0 Å². The van der Waals surface area contributed by atoms with Crippen molar-refractivity contribution in [2.75, 3.05) is 26.2 Å². The van der Waals surface area contributed by atoms with Crippen LogP contribution < -0.4 is 0 Å². The zero-order chi connectivity index (χ0) is 7.82. The van der Waals surface area contributed by atoms with Gasteiger partial charge in [-0.15, -0.1) is 0 Å². The van der Waals surface area contributed by atoms with Crippen molar-refractivity contribution in [1.82, 2.24) is 0 Å². The Hall–Kier alpha value is 0.0569. The van der Waals surface area contributed by atoms with E-state index in [1.165, 1.54) is 0 Å². The van der Waals surface area contributed by atoms with Gasteiger partial charge < -0.3 is 19.4 Å². The van der Waals surface area contributed by atoms with Crippen LogP contribution in [0.3, 0.4) is 0 Å². The molecular weight excluding hydrogens is 152 g/mol. The monoisotopic (exact) mass is 166 g/mol. The highest BCUT2D eigenvalue weighted by Gasteiger charge is 1.96. The SMILES string of the molecule is C[SiH](O)COCOCCO. The third-order valence-electron chi connectivity index (χ3n) is 0.761. The molecule has 2 N–H and O–H groups in total. The summed E-state index contributed by atoms with van der Waals surface area (Å²) in [6, 6.07) is 0. The topological polar surface area (TPSA) is 58.9 Å². The van der Waals surface area contributed by atoms with Crippen LogP contribution in [-0.4, -0.2) is 45.2 Å². The van der Waals surface area contributed by atoms with Crippen LogP contribution in [-0.2, 0) is 9.47 Å². The van der Waals surface area contributed by atoms with Crippen molar-refractivity contribution in [3.05, 3.63) is 0 Å². The number of aliphatic hydroxyl groups is 1. The maximum Gasteiger partial charge on any atom is 0.194 e. The minimum atomic E-state index is -1.59. The molecule has 0 spiro atoms. The minimum absolute atomic E-state index is 0.00939. The molecule has 0 aliphatic rings. The number of hydrogen-bond donors (Lipinski definition) is 2. The molecule has 0 saturated heterocycles. The minimum Gasteiger partial charge on any atom is -0.433 e. The van der Waals surface area contributed by atoms with Gasteiger partial charge >= 0.3 is 0 Å². The lowest BCUT2D eigenvalue weighted by Crippen LogP contribution is -2.17. The summed E-state index contributed by atoms with van der Waals surface area (Å²) in [5, 5.41) is 8.25. The Balaban J connectivity index is 2.77. The molecule has 0 bridgehead atoms. The predicted molar refractivity (Wildman–Crippen MR) is 39.1 cm³/mol. The second-order valence-corrected chi connectivity index (χ2v) is 4.00. The maximum atomic E-state index is 8.82. The average molecular weight is 166 g/mol. The summed E-state index contributed by atoms with van der Waals surface area (Å²) in [7, 11) is -1.59. The van der Waals surface area contributed by atoms with E-state index in [1.807, 2.05) is 0 Å². The van der Waals surface area contributed by atoms with Crippen LogP contribution >= 0.6 is 0 Å². The van der Waals surface area contributed by atoms with E-state index in [9.17, 15) is 0 Å². The molecule has 10 heavy (non-hydrogen) atoms. The van der Waals surface area contributed by atoms with Gasteiger partial charge in [0.25, 0.3) is 0 Å². The second-order valence-electron chi connectivity index (χ2n) is 1.97. The molecule has 62 valence electrons. The van der Waals surface area contributed by atoms with Crippen molar-refractivity contribution in [3.63, 3.8) is 0 Å². The molecule has 0 fully saturated rings.